The zero-order chi connectivity index (χ0) is 16.2. The van der Waals surface area contributed by atoms with E-state index in [2.05, 4.69) is 0 Å². The van der Waals surface area contributed by atoms with Crippen LogP contribution >= 0.6 is 11.3 Å². The lowest BCUT2D eigenvalue weighted by Crippen LogP contribution is -2.01. The van der Waals surface area contributed by atoms with Crippen LogP contribution in [0.2, 0.25) is 0 Å². The van der Waals surface area contributed by atoms with Crippen LogP contribution in [0.15, 0.2) is 45.6 Å². The molecule has 4 nitrogen and oxygen atoms in total. The average Bonchev–Trinajstić information content (AvgIpc) is 2.95. The fourth-order valence-corrected chi connectivity index (χ4v) is 3.20. The largest absolute Gasteiger partial charge is 0.463 e. The van der Waals surface area contributed by atoms with Gasteiger partial charge in [0.05, 0.1) is 11.3 Å². The molecule has 0 saturated carbocycles. The van der Waals surface area contributed by atoms with Gasteiger partial charge in [-0.2, -0.15) is 0 Å². The van der Waals surface area contributed by atoms with E-state index < -0.39 is 5.97 Å². The number of ether oxygens (including phenoxy) is 1. The molecule has 0 fully saturated rings. The van der Waals surface area contributed by atoms with Crippen molar-refractivity contribution in [1.29, 1.82) is 0 Å². The molecule has 0 atom stereocenters. The van der Waals surface area contributed by atoms with E-state index in [4.69, 9.17) is 9.15 Å². The Morgan fingerprint density at radius 2 is 2.17 bits per heavy atom. The summed E-state index contributed by atoms with van der Waals surface area (Å²) in [4.78, 5) is 23.0. The minimum Gasteiger partial charge on any atom is -0.463 e. The van der Waals surface area contributed by atoms with Crippen molar-refractivity contribution in [3.63, 3.8) is 0 Å². The van der Waals surface area contributed by atoms with Gasteiger partial charge in [0.25, 0.3) is 0 Å². The molecule has 0 spiro atoms. The Bertz CT molecular complexity index is 933. The molecule has 3 rings (SSSR count). The minimum absolute atomic E-state index is 0.350. The van der Waals surface area contributed by atoms with Crippen LogP contribution in [-0.2, 0) is 9.53 Å². The van der Waals surface area contributed by atoms with Crippen molar-refractivity contribution < 1.29 is 13.9 Å². The third kappa shape index (κ3) is 3.35. The van der Waals surface area contributed by atoms with Crippen LogP contribution < -0.4 is 4.94 Å². The highest BCUT2D eigenvalue weighted by molar-refractivity contribution is 7.17. The van der Waals surface area contributed by atoms with Gasteiger partial charge in [-0.15, -0.1) is 0 Å². The predicted molar refractivity (Wildman–Crippen MR) is 92.8 cm³/mol. The first kappa shape index (κ1) is 15.5. The molecule has 5 heteroatoms. The van der Waals surface area contributed by atoms with Gasteiger partial charge in [-0.25, -0.2) is 9.59 Å². The van der Waals surface area contributed by atoms with Crippen LogP contribution in [-0.4, -0.2) is 12.6 Å². The van der Waals surface area contributed by atoms with Crippen molar-refractivity contribution >= 4 is 44.4 Å². The second-order valence-corrected chi connectivity index (χ2v) is 6.10. The van der Waals surface area contributed by atoms with Gasteiger partial charge in [0.2, 0.25) is 0 Å². The smallest absolute Gasteiger partial charge is 0.396 e. The van der Waals surface area contributed by atoms with Crippen LogP contribution in [0.25, 0.3) is 27.1 Å². The number of esters is 1. The first-order chi connectivity index (χ1) is 11.2. The Labute approximate surface area is 137 Å². The summed E-state index contributed by atoms with van der Waals surface area (Å²) in [5.41, 5.74) is 1.21. The van der Waals surface area contributed by atoms with Crippen LogP contribution in [0, 0.1) is 0 Å². The highest BCUT2D eigenvalue weighted by atomic mass is 32.1. The maximum atomic E-state index is 11.7. The number of carbonyl (C=O) groups is 1. The SMILES string of the molecule is CCCCOC(=O)/C=C/c1cc2ccccc2c2sc(=O)oc12. The van der Waals surface area contributed by atoms with Crippen LogP contribution in [0.3, 0.4) is 0 Å². The van der Waals surface area contributed by atoms with E-state index in [1.54, 1.807) is 6.08 Å². The molecular weight excluding hydrogens is 312 g/mol. The monoisotopic (exact) mass is 328 g/mol. The molecule has 0 unspecified atom stereocenters. The second kappa shape index (κ2) is 6.79. The quantitative estimate of drug-likeness (QED) is 0.396. The predicted octanol–water partition coefficient (Wildman–Crippen LogP) is 4.36. The normalized spacial score (nSPS) is 11.5. The molecule has 1 aromatic heterocycles. The number of rotatable bonds is 5. The zero-order valence-electron chi connectivity index (χ0n) is 12.7. The third-order valence-corrected chi connectivity index (χ3v) is 4.36. The summed E-state index contributed by atoms with van der Waals surface area (Å²) in [5, 5.41) is 1.97. The van der Waals surface area contributed by atoms with E-state index in [9.17, 15) is 9.59 Å². The van der Waals surface area contributed by atoms with Crippen molar-refractivity contribution in [1.82, 2.24) is 0 Å². The average molecular weight is 328 g/mol. The van der Waals surface area contributed by atoms with Gasteiger partial charge in [-0.3, -0.25) is 0 Å². The molecule has 0 N–H and O–H groups in total. The molecule has 0 bridgehead atoms. The molecule has 0 saturated heterocycles. The van der Waals surface area contributed by atoms with E-state index in [0.717, 1.165) is 39.7 Å². The molecule has 2 aromatic carbocycles. The van der Waals surface area contributed by atoms with E-state index in [1.807, 2.05) is 37.3 Å². The highest BCUT2D eigenvalue weighted by Crippen LogP contribution is 2.31. The molecule has 0 aliphatic carbocycles. The summed E-state index contributed by atoms with van der Waals surface area (Å²) in [7, 11) is 0. The van der Waals surface area contributed by atoms with Crippen molar-refractivity contribution in [2.24, 2.45) is 0 Å². The number of hydrogen-bond acceptors (Lipinski definition) is 5. The number of carbonyl (C=O) groups excluding carboxylic acids is 1. The van der Waals surface area contributed by atoms with Gasteiger partial charge < -0.3 is 9.15 Å². The Balaban J connectivity index is 1.99. The first-order valence-electron chi connectivity index (χ1n) is 7.49. The number of fused-ring (bicyclic) bond motifs is 3. The number of benzene rings is 2. The van der Waals surface area contributed by atoms with Gasteiger partial charge in [0, 0.05) is 17.0 Å². The van der Waals surface area contributed by atoms with Crippen LogP contribution in [0.4, 0.5) is 0 Å². The Kier molecular flexibility index (Phi) is 4.57. The molecule has 3 aromatic rings. The van der Waals surface area contributed by atoms with Crippen molar-refractivity contribution in [2.75, 3.05) is 6.61 Å². The summed E-state index contributed by atoms with van der Waals surface area (Å²) in [6.07, 6.45) is 4.83. The van der Waals surface area contributed by atoms with E-state index in [1.165, 1.54) is 6.08 Å². The molecule has 0 radical (unpaired) electrons. The molecular formula is C18H16O4S. The number of hydrogen-bond donors (Lipinski definition) is 0. The first-order valence-corrected chi connectivity index (χ1v) is 8.31. The molecule has 0 aliphatic heterocycles. The zero-order valence-corrected chi connectivity index (χ0v) is 13.5. The van der Waals surface area contributed by atoms with Crippen molar-refractivity contribution in [3.05, 3.63) is 51.7 Å². The van der Waals surface area contributed by atoms with Gasteiger partial charge >= 0.3 is 10.9 Å². The van der Waals surface area contributed by atoms with E-state index in [-0.39, 0.29) is 4.94 Å². The van der Waals surface area contributed by atoms with Crippen molar-refractivity contribution in [2.45, 2.75) is 19.8 Å². The lowest BCUT2D eigenvalue weighted by molar-refractivity contribution is -0.137. The summed E-state index contributed by atoms with van der Waals surface area (Å²) >= 11 is 1.07. The maximum Gasteiger partial charge on any atom is 0.396 e. The molecule has 0 amide bonds. The lowest BCUT2D eigenvalue weighted by atomic mass is 10.1. The van der Waals surface area contributed by atoms with E-state index in [0.29, 0.717) is 17.8 Å². The highest BCUT2D eigenvalue weighted by Gasteiger charge is 2.11. The Morgan fingerprint density at radius 1 is 1.35 bits per heavy atom. The fourth-order valence-electron chi connectivity index (χ4n) is 2.36. The molecule has 118 valence electrons. The van der Waals surface area contributed by atoms with E-state index >= 15 is 0 Å². The fraction of sp³-hybridized carbons (Fsp3) is 0.222. The Hall–Kier alpha value is -2.40. The van der Waals surface area contributed by atoms with Gasteiger partial charge in [0.1, 0.15) is 0 Å². The molecule has 0 aliphatic rings. The van der Waals surface area contributed by atoms with Crippen LogP contribution in [0.5, 0.6) is 0 Å². The standard InChI is InChI=1S/C18H16O4S/c1-2-3-10-21-15(19)9-8-13-11-12-6-4-5-7-14(12)17-16(13)22-18(20)23-17/h4-9,11H,2-3,10H2,1H3/b9-8+. The topological polar surface area (TPSA) is 56.5 Å². The number of unbranched alkanes of at least 4 members (excludes halogenated alkanes) is 1. The molecule has 23 heavy (non-hydrogen) atoms. The van der Waals surface area contributed by atoms with Gasteiger partial charge in [-0.1, -0.05) is 48.9 Å². The second-order valence-electron chi connectivity index (χ2n) is 5.15. The third-order valence-electron chi connectivity index (χ3n) is 3.50. The van der Waals surface area contributed by atoms with Crippen LogP contribution in [0.1, 0.15) is 25.3 Å². The van der Waals surface area contributed by atoms with Crippen molar-refractivity contribution in [3.8, 4) is 0 Å². The Morgan fingerprint density at radius 3 is 3.00 bits per heavy atom. The summed E-state index contributed by atoms with van der Waals surface area (Å²) in [5.74, 6) is -0.391. The molecule has 1 heterocycles. The summed E-state index contributed by atoms with van der Waals surface area (Å²) in [6.45, 7) is 2.45. The van der Waals surface area contributed by atoms with Gasteiger partial charge in [0.15, 0.2) is 5.58 Å². The summed E-state index contributed by atoms with van der Waals surface area (Å²) in [6, 6.07) is 9.69. The lowest BCUT2D eigenvalue weighted by Gasteiger charge is -2.02. The van der Waals surface area contributed by atoms with Gasteiger partial charge in [-0.05, 0) is 23.9 Å². The summed E-state index contributed by atoms with van der Waals surface area (Å²) < 4.78 is 11.2. The minimum atomic E-state index is -0.391. The maximum absolute atomic E-state index is 11.7.